The Morgan fingerprint density at radius 3 is 2.75 bits per heavy atom. The quantitative estimate of drug-likeness (QED) is 0.814. The second kappa shape index (κ2) is 5.25. The second-order valence-corrected chi connectivity index (χ2v) is 4.68. The minimum atomic E-state index is 0.0514. The summed E-state index contributed by atoms with van der Waals surface area (Å²) in [5, 5.41) is 20.6. The maximum Gasteiger partial charge on any atom is 0.148 e. The van der Waals surface area contributed by atoms with E-state index in [2.05, 4.69) is 15.5 Å². The summed E-state index contributed by atoms with van der Waals surface area (Å²) in [6.07, 6.45) is 7.62. The van der Waals surface area contributed by atoms with Gasteiger partial charge in [0.2, 0.25) is 0 Å². The van der Waals surface area contributed by atoms with Crippen LogP contribution in [0.3, 0.4) is 0 Å². The molecule has 0 spiro atoms. The van der Waals surface area contributed by atoms with Crippen LogP contribution in [0.2, 0.25) is 0 Å². The Kier molecular flexibility index (Phi) is 3.72. The monoisotopic (exact) mass is 221 g/mol. The van der Waals surface area contributed by atoms with Crippen LogP contribution >= 0.6 is 0 Å². The van der Waals surface area contributed by atoms with Crippen LogP contribution < -0.4 is 5.32 Å². The van der Waals surface area contributed by atoms with Crippen molar-refractivity contribution in [1.29, 1.82) is 0 Å². The molecule has 1 heterocycles. The smallest absolute Gasteiger partial charge is 0.148 e. The van der Waals surface area contributed by atoms with E-state index in [0.717, 1.165) is 25.2 Å². The number of nitrogens with zero attached hydrogens (tertiary/aromatic N) is 2. The number of aromatic nitrogens is 2. The molecular formula is C12H19N3O. The van der Waals surface area contributed by atoms with Gasteiger partial charge in [-0.1, -0.05) is 19.3 Å². The molecule has 0 saturated heterocycles. The Balaban J connectivity index is 1.92. The first-order valence-corrected chi connectivity index (χ1v) is 5.97. The van der Waals surface area contributed by atoms with Crippen LogP contribution in [0.25, 0.3) is 0 Å². The minimum absolute atomic E-state index is 0.0514. The summed E-state index contributed by atoms with van der Waals surface area (Å²) in [7, 11) is 0. The molecule has 4 heteroatoms. The summed E-state index contributed by atoms with van der Waals surface area (Å²) in [5.41, 5.74) is 0.0514. The van der Waals surface area contributed by atoms with Gasteiger partial charge in [-0.25, -0.2) is 0 Å². The van der Waals surface area contributed by atoms with E-state index >= 15 is 0 Å². The average molecular weight is 221 g/mol. The molecule has 1 aromatic heterocycles. The van der Waals surface area contributed by atoms with Crippen molar-refractivity contribution in [1.82, 2.24) is 10.2 Å². The van der Waals surface area contributed by atoms with Crippen LogP contribution in [0.15, 0.2) is 18.3 Å². The van der Waals surface area contributed by atoms with Crippen LogP contribution in [0, 0.1) is 5.41 Å². The highest BCUT2D eigenvalue weighted by Crippen LogP contribution is 2.35. The van der Waals surface area contributed by atoms with E-state index < -0.39 is 0 Å². The van der Waals surface area contributed by atoms with Crippen molar-refractivity contribution in [2.45, 2.75) is 32.1 Å². The third-order valence-corrected chi connectivity index (χ3v) is 3.47. The van der Waals surface area contributed by atoms with Gasteiger partial charge in [0.1, 0.15) is 5.82 Å². The van der Waals surface area contributed by atoms with Gasteiger partial charge < -0.3 is 10.4 Å². The number of rotatable bonds is 4. The lowest BCUT2D eigenvalue weighted by atomic mass is 9.74. The van der Waals surface area contributed by atoms with Crippen molar-refractivity contribution < 1.29 is 5.11 Å². The van der Waals surface area contributed by atoms with Crippen molar-refractivity contribution in [3.8, 4) is 0 Å². The lowest BCUT2D eigenvalue weighted by Gasteiger charge is -2.35. The largest absolute Gasteiger partial charge is 0.396 e. The predicted octanol–water partition coefficient (Wildman–Crippen LogP) is 1.83. The molecule has 0 atom stereocenters. The summed E-state index contributed by atoms with van der Waals surface area (Å²) in [6.45, 7) is 1.06. The molecule has 16 heavy (non-hydrogen) atoms. The van der Waals surface area contributed by atoms with Gasteiger partial charge in [0, 0.05) is 18.2 Å². The van der Waals surface area contributed by atoms with Gasteiger partial charge in [-0.15, -0.1) is 5.10 Å². The van der Waals surface area contributed by atoms with Crippen LogP contribution in [0.5, 0.6) is 0 Å². The van der Waals surface area contributed by atoms with Gasteiger partial charge in [-0.2, -0.15) is 5.10 Å². The molecule has 2 N–H and O–H groups in total. The van der Waals surface area contributed by atoms with E-state index in [1.165, 1.54) is 19.3 Å². The van der Waals surface area contributed by atoms with Gasteiger partial charge >= 0.3 is 0 Å². The molecule has 0 radical (unpaired) electrons. The number of nitrogens with one attached hydrogen (secondary N) is 1. The van der Waals surface area contributed by atoms with Gasteiger partial charge in [0.15, 0.2) is 0 Å². The number of hydrogen-bond acceptors (Lipinski definition) is 4. The number of anilines is 1. The molecule has 0 aliphatic heterocycles. The molecule has 1 aliphatic rings. The molecule has 1 saturated carbocycles. The van der Waals surface area contributed by atoms with E-state index in [1.807, 2.05) is 12.1 Å². The van der Waals surface area contributed by atoms with Crippen molar-refractivity contribution >= 4 is 5.82 Å². The lowest BCUT2D eigenvalue weighted by molar-refractivity contribution is 0.0943. The molecule has 1 fully saturated rings. The van der Waals surface area contributed by atoms with Gasteiger partial charge in [0.05, 0.1) is 6.61 Å². The standard InChI is InChI=1S/C12H19N3O/c16-10-12(6-2-1-3-7-12)9-13-11-5-4-8-14-15-11/h4-5,8,16H,1-3,6-7,9-10H2,(H,13,15). The Labute approximate surface area is 96.1 Å². The zero-order valence-corrected chi connectivity index (χ0v) is 9.52. The molecule has 88 valence electrons. The summed E-state index contributed by atoms with van der Waals surface area (Å²) in [6, 6.07) is 3.77. The Morgan fingerprint density at radius 2 is 2.12 bits per heavy atom. The van der Waals surface area contributed by atoms with Crippen molar-refractivity contribution in [2.75, 3.05) is 18.5 Å². The second-order valence-electron chi connectivity index (χ2n) is 4.68. The highest BCUT2D eigenvalue weighted by Gasteiger charge is 2.31. The van der Waals surface area contributed by atoms with Crippen LogP contribution in [0.4, 0.5) is 5.82 Å². The SMILES string of the molecule is OCC1(CNc2cccnn2)CCCCC1. The van der Waals surface area contributed by atoms with Crippen molar-refractivity contribution in [3.05, 3.63) is 18.3 Å². The molecule has 4 nitrogen and oxygen atoms in total. The number of hydrogen-bond donors (Lipinski definition) is 2. The summed E-state index contributed by atoms with van der Waals surface area (Å²) < 4.78 is 0. The first-order chi connectivity index (χ1) is 7.85. The summed E-state index contributed by atoms with van der Waals surface area (Å²) in [5.74, 6) is 0.792. The van der Waals surface area contributed by atoms with Gasteiger partial charge in [-0.3, -0.25) is 0 Å². The predicted molar refractivity (Wildman–Crippen MR) is 63.1 cm³/mol. The van der Waals surface area contributed by atoms with E-state index in [9.17, 15) is 5.11 Å². The van der Waals surface area contributed by atoms with Crippen LogP contribution in [-0.4, -0.2) is 28.5 Å². The molecule has 0 aromatic carbocycles. The van der Waals surface area contributed by atoms with E-state index in [4.69, 9.17) is 0 Å². The Bertz CT molecular complexity index is 309. The van der Waals surface area contributed by atoms with Gasteiger partial charge in [0.25, 0.3) is 0 Å². The summed E-state index contributed by atoms with van der Waals surface area (Å²) in [4.78, 5) is 0. The fourth-order valence-electron chi connectivity index (χ4n) is 2.37. The molecular weight excluding hydrogens is 202 g/mol. The van der Waals surface area contributed by atoms with Crippen molar-refractivity contribution in [2.24, 2.45) is 5.41 Å². The van der Waals surface area contributed by atoms with E-state index in [1.54, 1.807) is 6.20 Å². The molecule has 0 unspecified atom stereocenters. The average Bonchev–Trinajstić information content (AvgIpc) is 2.39. The topological polar surface area (TPSA) is 58.0 Å². The lowest BCUT2D eigenvalue weighted by Crippen LogP contribution is -2.35. The van der Waals surface area contributed by atoms with Gasteiger partial charge in [-0.05, 0) is 25.0 Å². The van der Waals surface area contributed by atoms with Crippen LogP contribution in [0.1, 0.15) is 32.1 Å². The third-order valence-electron chi connectivity index (χ3n) is 3.47. The molecule has 0 amide bonds. The summed E-state index contributed by atoms with van der Waals surface area (Å²) >= 11 is 0. The molecule has 1 aliphatic carbocycles. The Morgan fingerprint density at radius 1 is 1.31 bits per heavy atom. The number of aliphatic hydroxyl groups is 1. The minimum Gasteiger partial charge on any atom is -0.396 e. The van der Waals surface area contributed by atoms with E-state index in [0.29, 0.717) is 0 Å². The first-order valence-electron chi connectivity index (χ1n) is 5.97. The number of aliphatic hydroxyl groups excluding tert-OH is 1. The highest BCUT2D eigenvalue weighted by atomic mass is 16.3. The normalized spacial score (nSPS) is 19.3. The first kappa shape index (κ1) is 11.3. The van der Waals surface area contributed by atoms with Crippen LogP contribution in [-0.2, 0) is 0 Å². The maximum absolute atomic E-state index is 9.54. The maximum atomic E-state index is 9.54. The molecule has 2 rings (SSSR count). The third kappa shape index (κ3) is 2.70. The zero-order valence-electron chi connectivity index (χ0n) is 9.52. The fourth-order valence-corrected chi connectivity index (χ4v) is 2.37. The highest BCUT2D eigenvalue weighted by molar-refractivity contribution is 5.31. The Hall–Kier alpha value is -1.16. The van der Waals surface area contributed by atoms with E-state index in [-0.39, 0.29) is 12.0 Å². The molecule has 1 aromatic rings. The molecule has 0 bridgehead atoms. The zero-order chi connectivity index (χ0) is 11.3. The fraction of sp³-hybridized carbons (Fsp3) is 0.667. The van der Waals surface area contributed by atoms with Crippen molar-refractivity contribution in [3.63, 3.8) is 0 Å².